The van der Waals surface area contributed by atoms with Gasteiger partial charge in [-0.15, -0.1) is 11.6 Å². The largest absolute Gasteiger partial charge is 0.383 e. The summed E-state index contributed by atoms with van der Waals surface area (Å²) in [5.41, 5.74) is 4.65. The molecule has 72 valence electrons. The van der Waals surface area contributed by atoms with E-state index < -0.39 is 17.9 Å². The van der Waals surface area contributed by atoms with Crippen LogP contribution in [0.4, 0.5) is 19.0 Å². The predicted octanol–water partition coefficient (Wildman–Crippen LogP) is 2.48. The molecule has 1 aromatic rings. The smallest absolute Gasteiger partial charge is 0.268 e. The summed E-state index contributed by atoms with van der Waals surface area (Å²) in [6.07, 6.45) is -2.91. The zero-order valence-electron chi connectivity index (χ0n) is 6.40. The second-order valence-corrected chi connectivity index (χ2v) is 2.61. The van der Waals surface area contributed by atoms with Gasteiger partial charge in [0, 0.05) is 5.56 Å². The summed E-state index contributed by atoms with van der Waals surface area (Å²) in [5.74, 6) is -1.47. The summed E-state index contributed by atoms with van der Waals surface area (Å²) in [7, 11) is 0. The number of anilines is 1. The molecule has 13 heavy (non-hydrogen) atoms. The Balaban J connectivity index is 3.22. The first-order valence-electron chi connectivity index (χ1n) is 3.35. The van der Waals surface area contributed by atoms with E-state index in [2.05, 4.69) is 4.98 Å². The van der Waals surface area contributed by atoms with Crippen LogP contribution in [-0.2, 0) is 5.88 Å². The average molecular weight is 211 g/mol. The lowest BCUT2D eigenvalue weighted by molar-refractivity contribution is 0.145. The molecule has 0 radical (unpaired) electrons. The second kappa shape index (κ2) is 3.83. The Morgan fingerprint density at radius 1 is 1.54 bits per heavy atom. The van der Waals surface area contributed by atoms with E-state index >= 15 is 0 Å². The Labute approximate surface area is 77.5 Å². The first-order chi connectivity index (χ1) is 6.06. The van der Waals surface area contributed by atoms with Gasteiger partial charge in [-0.1, -0.05) is 0 Å². The normalized spacial score (nSPS) is 10.8. The van der Waals surface area contributed by atoms with Crippen LogP contribution in [-0.4, -0.2) is 4.98 Å². The van der Waals surface area contributed by atoms with E-state index in [4.69, 9.17) is 17.3 Å². The Morgan fingerprint density at radius 3 is 2.62 bits per heavy atom. The van der Waals surface area contributed by atoms with Crippen LogP contribution < -0.4 is 5.73 Å². The summed E-state index contributed by atoms with van der Waals surface area (Å²) in [4.78, 5) is 3.11. The molecule has 0 unspecified atom stereocenters. The highest BCUT2D eigenvalue weighted by atomic mass is 35.5. The van der Waals surface area contributed by atoms with E-state index in [0.29, 0.717) is 0 Å². The first kappa shape index (κ1) is 10.1. The van der Waals surface area contributed by atoms with Crippen molar-refractivity contribution >= 4 is 17.4 Å². The standard InChI is InChI=1S/C7H6ClF3N2/c8-2-3-1-4(5(9)10)6(11)13-7(3)12/h1,5H,2H2,(H2,12,13). The fourth-order valence-corrected chi connectivity index (χ4v) is 1.04. The first-order valence-corrected chi connectivity index (χ1v) is 3.88. The van der Waals surface area contributed by atoms with Crippen molar-refractivity contribution in [2.45, 2.75) is 12.3 Å². The van der Waals surface area contributed by atoms with Crippen LogP contribution in [0.15, 0.2) is 6.07 Å². The fourth-order valence-electron chi connectivity index (χ4n) is 0.823. The predicted molar refractivity (Wildman–Crippen MR) is 43.1 cm³/mol. The molecule has 1 heterocycles. The van der Waals surface area contributed by atoms with E-state index in [0.717, 1.165) is 6.07 Å². The van der Waals surface area contributed by atoms with Crippen molar-refractivity contribution in [1.82, 2.24) is 4.98 Å². The van der Waals surface area contributed by atoms with Crippen LogP contribution in [0.1, 0.15) is 17.6 Å². The Kier molecular flexibility index (Phi) is 2.98. The van der Waals surface area contributed by atoms with Crippen LogP contribution in [0.5, 0.6) is 0 Å². The van der Waals surface area contributed by atoms with Gasteiger partial charge in [-0.3, -0.25) is 0 Å². The number of aromatic nitrogens is 1. The minimum atomic E-state index is -2.91. The fraction of sp³-hybridized carbons (Fsp3) is 0.286. The van der Waals surface area contributed by atoms with Crippen molar-refractivity contribution in [3.8, 4) is 0 Å². The number of nitrogen functional groups attached to an aromatic ring is 1. The van der Waals surface area contributed by atoms with Gasteiger partial charge < -0.3 is 5.73 Å². The molecular formula is C7H6ClF3N2. The second-order valence-electron chi connectivity index (χ2n) is 2.35. The Bertz CT molecular complexity index is 317. The van der Waals surface area contributed by atoms with Crippen molar-refractivity contribution in [2.24, 2.45) is 0 Å². The van der Waals surface area contributed by atoms with E-state index in [-0.39, 0.29) is 17.3 Å². The highest BCUT2D eigenvalue weighted by Crippen LogP contribution is 2.24. The molecule has 0 saturated carbocycles. The number of halogens is 4. The van der Waals surface area contributed by atoms with Gasteiger partial charge in [0.25, 0.3) is 6.43 Å². The molecule has 2 nitrogen and oxygen atoms in total. The monoisotopic (exact) mass is 210 g/mol. The van der Waals surface area contributed by atoms with Crippen LogP contribution in [0.3, 0.4) is 0 Å². The Hall–Kier alpha value is -0.970. The highest BCUT2D eigenvalue weighted by molar-refractivity contribution is 6.17. The van der Waals surface area contributed by atoms with E-state index in [1.54, 1.807) is 0 Å². The summed E-state index contributed by atoms with van der Waals surface area (Å²) < 4.78 is 36.9. The topological polar surface area (TPSA) is 38.9 Å². The minimum Gasteiger partial charge on any atom is -0.383 e. The number of alkyl halides is 3. The summed E-state index contributed by atoms with van der Waals surface area (Å²) in [6.45, 7) is 0. The van der Waals surface area contributed by atoms with Gasteiger partial charge in [0.15, 0.2) is 0 Å². The van der Waals surface area contributed by atoms with Crippen LogP contribution >= 0.6 is 11.6 Å². The lowest BCUT2D eigenvalue weighted by Gasteiger charge is -2.05. The molecule has 0 spiro atoms. The number of nitrogens with zero attached hydrogens (tertiary/aromatic N) is 1. The zero-order valence-corrected chi connectivity index (χ0v) is 7.15. The molecule has 0 saturated heterocycles. The number of pyridine rings is 1. The van der Waals surface area contributed by atoms with Crippen molar-refractivity contribution in [3.63, 3.8) is 0 Å². The lowest BCUT2D eigenvalue weighted by Crippen LogP contribution is -2.03. The summed E-state index contributed by atoms with van der Waals surface area (Å²) in [6, 6.07) is 0.926. The van der Waals surface area contributed by atoms with Gasteiger partial charge in [-0.25, -0.2) is 13.8 Å². The van der Waals surface area contributed by atoms with Crippen molar-refractivity contribution < 1.29 is 13.2 Å². The lowest BCUT2D eigenvalue weighted by atomic mass is 10.2. The molecule has 0 fully saturated rings. The van der Waals surface area contributed by atoms with Crippen molar-refractivity contribution in [2.75, 3.05) is 5.73 Å². The number of nitrogens with two attached hydrogens (primary N) is 1. The number of hydrogen-bond donors (Lipinski definition) is 1. The van der Waals surface area contributed by atoms with Gasteiger partial charge in [-0.2, -0.15) is 4.39 Å². The minimum absolute atomic E-state index is 0.0706. The average Bonchev–Trinajstić information content (AvgIpc) is 2.03. The SMILES string of the molecule is Nc1nc(F)c(C(F)F)cc1CCl. The molecule has 0 aliphatic carbocycles. The van der Waals surface area contributed by atoms with Gasteiger partial charge in [0.1, 0.15) is 5.82 Å². The molecule has 2 N–H and O–H groups in total. The zero-order chi connectivity index (χ0) is 10.0. The third-order valence-electron chi connectivity index (χ3n) is 1.49. The molecule has 1 rings (SSSR count). The Morgan fingerprint density at radius 2 is 2.15 bits per heavy atom. The van der Waals surface area contributed by atoms with Gasteiger partial charge in [0.2, 0.25) is 5.95 Å². The maximum absolute atomic E-state index is 12.7. The molecule has 0 aliphatic rings. The van der Waals surface area contributed by atoms with Crippen LogP contribution in [0.2, 0.25) is 0 Å². The van der Waals surface area contributed by atoms with E-state index in [1.807, 2.05) is 0 Å². The van der Waals surface area contributed by atoms with Gasteiger partial charge in [0.05, 0.1) is 11.4 Å². The molecular weight excluding hydrogens is 205 g/mol. The highest BCUT2D eigenvalue weighted by Gasteiger charge is 2.16. The van der Waals surface area contributed by atoms with Gasteiger partial charge >= 0.3 is 0 Å². The molecule has 0 aliphatic heterocycles. The molecule has 0 aromatic carbocycles. The molecule has 0 bridgehead atoms. The maximum Gasteiger partial charge on any atom is 0.268 e. The van der Waals surface area contributed by atoms with E-state index in [9.17, 15) is 13.2 Å². The maximum atomic E-state index is 12.7. The van der Waals surface area contributed by atoms with Crippen molar-refractivity contribution in [3.05, 3.63) is 23.1 Å². The summed E-state index contributed by atoms with van der Waals surface area (Å²) in [5, 5.41) is 0. The summed E-state index contributed by atoms with van der Waals surface area (Å²) >= 11 is 5.37. The third-order valence-corrected chi connectivity index (χ3v) is 1.78. The molecule has 0 amide bonds. The third kappa shape index (κ3) is 2.03. The van der Waals surface area contributed by atoms with Gasteiger partial charge in [-0.05, 0) is 6.07 Å². The van der Waals surface area contributed by atoms with Crippen LogP contribution in [0.25, 0.3) is 0 Å². The quantitative estimate of drug-likeness (QED) is 0.602. The molecule has 1 aromatic heterocycles. The molecule has 6 heteroatoms. The molecule has 0 atom stereocenters. The number of hydrogen-bond acceptors (Lipinski definition) is 2. The van der Waals surface area contributed by atoms with Crippen molar-refractivity contribution in [1.29, 1.82) is 0 Å². The van der Waals surface area contributed by atoms with E-state index in [1.165, 1.54) is 0 Å². The number of rotatable bonds is 2. The van der Waals surface area contributed by atoms with Crippen LogP contribution in [0, 0.1) is 5.95 Å².